The largest absolute Gasteiger partial charge is 0.147 e. The van der Waals surface area contributed by atoms with E-state index in [0.29, 0.717) is 0 Å². The molecule has 1 aliphatic heterocycles. The Morgan fingerprint density at radius 2 is 1.58 bits per heavy atom. The molecule has 0 aromatic heterocycles. The first kappa shape index (κ1) is 19.7. The maximum absolute atomic E-state index is 3.66. The molecule has 0 amide bonds. The summed E-state index contributed by atoms with van der Waals surface area (Å²) in [6.07, 6.45) is 11.0. The maximum atomic E-state index is 2.91. The molecule has 0 radical (unpaired) electrons. The average molecular weight is 345 g/mol. The molecule has 0 saturated carbocycles. The normalized spacial score (nSPS) is 25.3. The Labute approximate surface area is 128 Å². The van der Waals surface area contributed by atoms with Crippen molar-refractivity contribution in [2.24, 2.45) is 0 Å². The summed E-state index contributed by atoms with van der Waals surface area (Å²) in [7, 11) is 0. The molecule has 0 aromatic carbocycles. The minimum Gasteiger partial charge on any atom is -0.147 e. The third-order valence-electron chi connectivity index (χ3n) is 6.93. The van der Waals surface area contributed by atoms with Crippen LogP contribution in [0.2, 0.25) is 25.6 Å². The number of hydrogen-bond acceptors (Lipinski definition) is 1. The molecule has 2 aliphatic rings. The van der Waals surface area contributed by atoms with Gasteiger partial charge in [0, 0.05) is 0 Å². The first-order valence-electron chi connectivity index (χ1n) is 7.38. The fourth-order valence-corrected chi connectivity index (χ4v) is 13.4. The Hall–Kier alpha value is 0.734. The molecule has 0 unspecified atom stereocenters. The van der Waals surface area contributed by atoms with Crippen LogP contribution in [-0.2, 0) is 13.0 Å². The van der Waals surface area contributed by atoms with Gasteiger partial charge in [0.05, 0.1) is 0 Å². The molecule has 0 aromatic rings. The molecule has 2 rings (SSSR count). The van der Waals surface area contributed by atoms with Crippen molar-refractivity contribution in [3.63, 3.8) is 0 Å². The van der Waals surface area contributed by atoms with Gasteiger partial charge in [-0.05, 0) is 0 Å². The van der Waals surface area contributed by atoms with Gasteiger partial charge in [0.25, 0.3) is 0 Å². The molecule has 19 heavy (non-hydrogen) atoms. The van der Waals surface area contributed by atoms with E-state index < -0.39 is 13.0 Å². The molecule has 0 atom stereocenters. The minimum absolute atomic E-state index is 0. The number of allylic oxidation sites excluding steroid dienone is 4. The second-order valence-electron chi connectivity index (χ2n) is 10.1. The minimum atomic E-state index is -3.66. The van der Waals surface area contributed by atoms with Crippen molar-refractivity contribution in [1.29, 1.82) is 0 Å². The van der Waals surface area contributed by atoms with Crippen LogP contribution in [0.15, 0.2) is 22.1 Å². The van der Waals surface area contributed by atoms with E-state index in [1.165, 1.54) is 37.1 Å². The number of hydrogen-bond donors (Lipinski definition) is 0. The average Bonchev–Trinajstić information content (AvgIpc) is 2.92. The monoisotopic (exact) mass is 344 g/mol. The smallest absolute Gasteiger partial charge is 0.147 e. The van der Waals surface area contributed by atoms with Gasteiger partial charge in [-0.2, -0.15) is 0 Å². The number of halogens is 2. The van der Waals surface area contributed by atoms with Gasteiger partial charge in [0.15, 0.2) is 0 Å². The predicted octanol–water partition coefficient (Wildman–Crippen LogP) is 6.08. The van der Waals surface area contributed by atoms with Crippen LogP contribution in [0, 0.1) is 0 Å². The quantitative estimate of drug-likeness (QED) is 0.561. The van der Waals surface area contributed by atoms with Crippen molar-refractivity contribution in [3.05, 3.63) is 22.1 Å². The fourth-order valence-electron chi connectivity index (χ4n) is 3.94. The summed E-state index contributed by atoms with van der Waals surface area (Å²) >= 11 is -3.66. The van der Waals surface area contributed by atoms with Crippen molar-refractivity contribution in [2.75, 3.05) is 13.1 Å². The van der Waals surface area contributed by atoms with Gasteiger partial charge in [0.1, 0.15) is 0 Å². The van der Waals surface area contributed by atoms with Crippen molar-refractivity contribution >= 4 is 24.8 Å². The summed E-state index contributed by atoms with van der Waals surface area (Å²) in [5.74, 6) is 0. The van der Waals surface area contributed by atoms with Gasteiger partial charge in [-0.15, -0.1) is 24.8 Å². The van der Waals surface area contributed by atoms with E-state index >= 15 is 0 Å². The molecular formula is C15H32Cl2NTi. The van der Waals surface area contributed by atoms with Crippen molar-refractivity contribution in [2.45, 2.75) is 51.8 Å². The third-order valence-corrected chi connectivity index (χ3v) is 24.0. The molecule has 1 fully saturated rings. The SMILES string of the molecule is C[CH2][Ti]([CH3])([CH3])([CH3])([CH3])([C]1=CC=CC1)[N]1CCCC1.Cl.Cl. The van der Waals surface area contributed by atoms with Gasteiger partial charge < -0.3 is 0 Å². The van der Waals surface area contributed by atoms with Gasteiger partial charge in [0.2, 0.25) is 0 Å². The number of nitrogens with zero attached hydrogens (tertiary/aromatic N) is 1. The Balaban J connectivity index is 0.00000162. The second kappa shape index (κ2) is 4.37. The zero-order valence-electron chi connectivity index (χ0n) is 13.2. The molecule has 115 valence electrons. The zero-order chi connectivity index (χ0) is 12.9. The summed E-state index contributed by atoms with van der Waals surface area (Å²) in [5.41, 5.74) is 0. The molecule has 1 nitrogen and oxygen atoms in total. The summed E-state index contributed by atoms with van der Waals surface area (Å²) in [4.78, 5) is 0. The molecule has 0 bridgehead atoms. The molecule has 4 heteroatoms. The first-order valence-corrected chi connectivity index (χ1v) is 16.2. The third kappa shape index (κ3) is 2.62. The van der Waals surface area contributed by atoms with E-state index in [2.05, 4.69) is 49.4 Å². The molecule has 0 N–H and O–H groups in total. The summed E-state index contributed by atoms with van der Waals surface area (Å²) < 4.78 is 5.97. The van der Waals surface area contributed by atoms with E-state index in [1.807, 2.05) is 0 Å². The van der Waals surface area contributed by atoms with Crippen molar-refractivity contribution < 1.29 is 13.0 Å². The van der Waals surface area contributed by atoms with Crippen LogP contribution >= 0.6 is 24.8 Å². The topological polar surface area (TPSA) is 3.24 Å². The van der Waals surface area contributed by atoms with Crippen LogP contribution in [0.3, 0.4) is 0 Å². The first-order chi connectivity index (χ1) is 7.56. The van der Waals surface area contributed by atoms with Gasteiger partial charge in [-0.25, -0.2) is 0 Å². The summed E-state index contributed by atoms with van der Waals surface area (Å²) in [5, 5.41) is 10.6. The van der Waals surface area contributed by atoms with Crippen molar-refractivity contribution in [3.8, 4) is 0 Å². The Morgan fingerprint density at radius 1 is 1.05 bits per heavy atom. The van der Waals surface area contributed by atoms with Crippen LogP contribution in [0.1, 0.15) is 26.2 Å². The molecule has 1 saturated heterocycles. The Morgan fingerprint density at radius 3 is 1.95 bits per heavy atom. The molecule has 1 heterocycles. The summed E-state index contributed by atoms with van der Waals surface area (Å²) in [6.45, 7) is 5.04. The van der Waals surface area contributed by atoms with Crippen LogP contribution < -0.4 is 0 Å². The van der Waals surface area contributed by atoms with E-state index in [4.69, 9.17) is 0 Å². The van der Waals surface area contributed by atoms with Crippen LogP contribution in [-0.4, -0.2) is 16.5 Å². The molecular weight excluding hydrogens is 313 g/mol. The fraction of sp³-hybridized carbons (Fsp3) is 0.733. The van der Waals surface area contributed by atoms with Crippen LogP contribution in [0.5, 0.6) is 0 Å². The second-order valence-corrected chi connectivity index (χ2v) is 34.3. The zero-order valence-corrected chi connectivity index (χ0v) is 16.4. The van der Waals surface area contributed by atoms with Crippen LogP contribution in [0.25, 0.3) is 0 Å². The maximum Gasteiger partial charge on any atom is -0.147 e. The van der Waals surface area contributed by atoms with E-state index in [-0.39, 0.29) is 24.8 Å². The van der Waals surface area contributed by atoms with E-state index in [1.54, 1.807) is 3.88 Å². The summed E-state index contributed by atoms with van der Waals surface area (Å²) in [6, 6.07) is 0. The van der Waals surface area contributed by atoms with Crippen molar-refractivity contribution in [1.82, 2.24) is 3.38 Å². The van der Waals surface area contributed by atoms with Gasteiger partial charge in [-0.1, -0.05) is 0 Å². The standard InChI is InChI=1S/C5H5.C4H8N.C2H5.4CH3.2ClH.Ti/c2*1-2-4-5-3-1;1-2;;;;;;;/h1-3H,4H2;1-4H2;1H2,2H3;4*1H3;2*1H;/q;-1;;;;;;;;+1. The number of rotatable bonds is 3. The van der Waals surface area contributed by atoms with E-state index in [0.717, 1.165) is 0 Å². The predicted molar refractivity (Wildman–Crippen MR) is 91.1 cm³/mol. The van der Waals surface area contributed by atoms with Crippen LogP contribution in [0.4, 0.5) is 0 Å². The molecule has 0 spiro atoms. The van der Waals surface area contributed by atoms with E-state index in [9.17, 15) is 0 Å². The Kier molecular flexibility index (Phi) is 4.54. The van der Waals surface area contributed by atoms with Gasteiger partial charge in [-0.3, -0.25) is 0 Å². The Bertz CT molecular complexity index is 431. The molecule has 1 aliphatic carbocycles. The van der Waals surface area contributed by atoms with Gasteiger partial charge >= 0.3 is 103 Å².